The van der Waals surface area contributed by atoms with E-state index in [1.165, 1.54) is 24.4 Å². The van der Waals surface area contributed by atoms with Gasteiger partial charge in [0.05, 0.1) is 12.8 Å². The molecule has 0 aromatic heterocycles. The van der Waals surface area contributed by atoms with Crippen molar-refractivity contribution >= 4 is 11.9 Å². The molecule has 0 saturated carbocycles. The van der Waals surface area contributed by atoms with Gasteiger partial charge in [0.2, 0.25) is 0 Å². The van der Waals surface area contributed by atoms with Crippen molar-refractivity contribution in [3.05, 3.63) is 54.4 Å². The number of nitrogens with zero attached hydrogens (tertiary/aromatic N) is 1. The fourth-order valence-electron chi connectivity index (χ4n) is 1.63. The van der Waals surface area contributed by atoms with E-state index >= 15 is 0 Å². The van der Waals surface area contributed by atoms with Crippen LogP contribution in [0.3, 0.4) is 0 Å². The second-order valence-electron chi connectivity index (χ2n) is 4.00. The summed E-state index contributed by atoms with van der Waals surface area (Å²) in [5.74, 6) is 0.830. The van der Waals surface area contributed by atoms with E-state index in [-0.39, 0.29) is 11.5 Å². The van der Waals surface area contributed by atoms with E-state index in [0.29, 0.717) is 17.0 Å². The molecule has 0 saturated heterocycles. The highest BCUT2D eigenvalue weighted by atomic mass is 16.5. The van der Waals surface area contributed by atoms with Crippen LogP contribution in [0.15, 0.2) is 41.4 Å². The second kappa shape index (κ2) is 5.44. The topological polar surface area (TPSA) is 62.1 Å². The van der Waals surface area contributed by atoms with Gasteiger partial charge in [-0.2, -0.15) is 0 Å². The molecule has 0 aliphatic rings. The third-order valence-electron chi connectivity index (χ3n) is 2.63. The minimum atomic E-state index is 0.0601. The van der Waals surface area contributed by atoms with Crippen LogP contribution in [0.1, 0.15) is 11.1 Å². The molecule has 0 aliphatic heterocycles. The molecular formula is C15H14NO3. The van der Waals surface area contributed by atoms with E-state index in [9.17, 15) is 10.2 Å². The Morgan fingerprint density at radius 2 is 1.95 bits per heavy atom. The van der Waals surface area contributed by atoms with Gasteiger partial charge in [-0.15, -0.1) is 0 Å². The van der Waals surface area contributed by atoms with Crippen LogP contribution in [0.25, 0.3) is 0 Å². The fraction of sp³-hybridized carbons (Fsp3) is 0.0667. The van der Waals surface area contributed by atoms with Gasteiger partial charge < -0.3 is 14.9 Å². The van der Waals surface area contributed by atoms with Crippen molar-refractivity contribution in [1.82, 2.24) is 0 Å². The quantitative estimate of drug-likeness (QED) is 0.655. The fourth-order valence-corrected chi connectivity index (χ4v) is 1.63. The molecule has 1 radical (unpaired) electrons. The van der Waals surface area contributed by atoms with E-state index < -0.39 is 0 Å². The van der Waals surface area contributed by atoms with Gasteiger partial charge in [0.25, 0.3) is 0 Å². The van der Waals surface area contributed by atoms with E-state index in [1.807, 2.05) is 0 Å². The molecule has 0 atom stereocenters. The Bertz CT molecular complexity index is 621. The molecule has 4 heteroatoms. The van der Waals surface area contributed by atoms with Crippen LogP contribution in [0.2, 0.25) is 0 Å². The first-order valence-electron chi connectivity index (χ1n) is 5.66. The smallest absolute Gasteiger partial charge is 0.124 e. The van der Waals surface area contributed by atoms with Gasteiger partial charge in [-0.1, -0.05) is 0 Å². The summed E-state index contributed by atoms with van der Waals surface area (Å²) in [7, 11) is 1.58. The Morgan fingerprint density at radius 3 is 2.63 bits per heavy atom. The van der Waals surface area contributed by atoms with Gasteiger partial charge in [-0.05, 0) is 48.9 Å². The lowest BCUT2D eigenvalue weighted by Gasteiger charge is -2.04. The Labute approximate surface area is 111 Å². The van der Waals surface area contributed by atoms with E-state index in [1.54, 1.807) is 25.3 Å². The van der Waals surface area contributed by atoms with Gasteiger partial charge in [-0.25, -0.2) is 0 Å². The van der Waals surface area contributed by atoms with Crippen molar-refractivity contribution < 1.29 is 14.9 Å². The lowest BCUT2D eigenvalue weighted by molar-refractivity contribution is 0.413. The number of aromatic hydroxyl groups is 2. The van der Waals surface area contributed by atoms with Crippen molar-refractivity contribution in [2.45, 2.75) is 0 Å². The Balaban J connectivity index is 2.27. The number of hydrogen-bond donors (Lipinski definition) is 2. The highest BCUT2D eigenvalue weighted by molar-refractivity contribution is 5.86. The summed E-state index contributed by atoms with van der Waals surface area (Å²) >= 11 is 0. The average Bonchev–Trinajstić information content (AvgIpc) is 2.40. The lowest BCUT2D eigenvalue weighted by Crippen LogP contribution is -1.86. The standard InChI is InChI=1S/C15H14NO3/c1-10-7-12(3-6-15(10)19-2)16-9-11-8-13(17)4-5-14(11)18/h3-9,17-18H,1H2,2H3. The van der Waals surface area contributed by atoms with Crippen molar-refractivity contribution in [3.8, 4) is 17.2 Å². The highest BCUT2D eigenvalue weighted by Gasteiger charge is 2.01. The maximum absolute atomic E-state index is 9.62. The molecule has 0 bridgehead atoms. The number of rotatable bonds is 3. The molecule has 2 N–H and O–H groups in total. The first-order valence-corrected chi connectivity index (χ1v) is 5.66. The minimum Gasteiger partial charge on any atom is -0.508 e. The predicted molar refractivity (Wildman–Crippen MR) is 74.5 cm³/mol. The molecule has 0 spiro atoms. The third-order valence-corrected chi connectivity index (χ3v) is 2.63. The van der Waals surface area contributed by atoms with Gasteiger partial charge >= 0.3 is 0 Å². The molecule has 19 heavy (non-hydrogen) atoms. The molecule has 2 aromatic carbocycles. The number of phenols is 2. The van der Waals surface area contributed by atoms with Crippen LogP contribution in [0, 0.1) is 6.92 Å². The summed E-state index contributed by atoms with van der Waals surface area (Å²) in [6, 6.07) is 9.59. The predicted octanol–water partition coefficient (Wildman–Crippen LogP) is 3.04. The first kappa shape index (κ1) is 13.0. The number of ether oxygens (including phenoxy) is 1. The third kappa shape index (κ3) is 3.04. The summed E-state index contributed by atoms with van der Waals surface area (Å²) in [6.45, 7) is 3.85. The maximum atomic E-state index is 9.62. The molecular weight excluding hydrogens is 242 g/mol. The number of benzene rings is 2. The van der Waals surface area contributed by atoms with E-state index in [2.05, 4.69) is 11.9 Å². The number of aliphatic imine (C=N–C) groups is 1. The number of phenolic OH excluding ortho intramolecular Hbond substituents is 2. The molecule has 0 fully saturated rings. The molecule has 0 aliphatic carbocycles. The van der Waals surface area contributed by atoms with Crippen LogP contribution in [0.4, 0.5) is 5.69 Å². The van der Waals surface area contributed by atoms with Gasteiger partial charge in [-0.3, -0.25) is 4.99 Å². The summed E-state index contributed by atoms with van der Waals surface area (Å²) in [5, 5.41) is 19.0. The summed E-state index contributed by atoms with van der Waals surface area (Å²) in [6.07, 6.45) is 1.48. The molecule has 2 aromatic rings. The normalized spacial score (nSPS) is 10.8. The zero-order chi connectivity index (χ0) is 13.8. The second-order valence-corrected chi connectivity index (χ2v) is 4.00. The molecule has 0 amide bonds. The SMILES string of the molecule is [CH2]c1cc(N=Cc2cc(O)ccc2O)ccc1OC. The van der Waals surface area contributed by atoms with Gasteiger partial charge in [0.1, 0.15) is 17.2 Å². The van der Waals surface area contributed by atoms with E-state index in [4.69, 9.17) is 4.74 Å². The summed E-state index contributed by atoms with van der Waals surface area (Å²) in [4.78, 5) is 4.22. The van der Waals surface area contributed by atoms with Crippen LogP contribution in [0.5, 0.6) is 17.2 Å². The molecule has 4 nitrogen and oxygen atoms in total. The zero-order valence-corrected chi connectivity index (χ0v) is 10.5. The zero-order valence-electron chi connectivity index (χ0n) is 10.5. The molecule has 0 unspecified atom stereocenters. The van der Waals surface area contributed by atoms with Crippen molar-refractivity contribution in [3.63, 3.8) is 0 Å². The Kier molecular flexibility index (Phi) is 3.71. The Morgan fingerprint density at radius 1 is 1.16 bits per heavy atom. The van der Waals surface area contributed by atoms with Crippen molar-refractivity contribution in [2.75, 3.05) is 7.11 Å². The number of hydrogen-bond acceptors (Lipinski definition) is 4. The molecule has 0 heterocycles. The summed E-state index contributed by atoms with van der Waals surface area (Å²) < 4.78 is 5.11. The van der Waals surface area contributed by atoms with Crippen molar-refractivity contribution in [1.29, 1.82) is 0 Å². The average molecular weight is 256 g/mol. The van der Waals surface area contributed by atoms with Crippen LogP contribution in [-0.2, 0) is 0 Å². The van der Waals surface area contributed by atoms with Crippen LogP contribution in [-0.4, -0.2) is 23.5 Å². The highest BCUT2D eigenvalue weighted by Crippen LogP contribution is 2.24. The van der Waals surface area contributed by atoms with Crippen molar-refractivity contribution in [2.24, 2.45) is 4.99 Å². The number of methoxy groups -OCH3 is 1. The van der Waals surface area contributed by atoms with Gasteiger partial charge in [0, 0.05) is 11.8 Å². The van der Waals surface area contributed by atoms with Gasteiger partial charge in [0.15, 0.2) is 0 Å². The van der Waals surface area contributed by atoms with Crippen LogP contribution >= 0.6 is 0 Å². The van der Waals surface area contributed by atoms with Crippen LogP contribution < -0.4 is 4.74 Å². The maximum Gasteiger partial charge on any atom is 0.124 e. The molecule has 97 valence electrons. The first-order chi connectivity index (χ1) is 9.10. The Hall–Kier alpha value is -2.49. The lowest BCUT2D eigenvalue weighted by atomic mass is 10.2. The van der Waals surface area contributed by atoms with E-state index in [0.717, 1.165) is 5.56 Å². The minimum absolute atomic E-state index is 0.0601. The largest absolute Gasteiger partial charge is 0.508 e. The molecule has 2 rings (SSSR count). The summed E-state index contributed by atoms with van der Waals surface area (Å²) in [5.41, 5.74) is 1.87. The monoisotopic (exact) mass is 256 g/mol.